The molecule has 1 aliphatic rings. The third-order valence-electron chi connectivity index (χ3n) is 5.38. The van der Waals surface area contributed by atoms with Crippen molar-refractivity contribution < 1.29 is 4.79 Å². The van der Waals surface area contributed by atoms with Crippen LogP contribution in [-0.4, -0.2) is 43.2 Å². The SMILES string of the molecule is CCC(C(=O)c1cnn2cccnc12)c1cn[nH]c1N1CCCCC1C. The molecule has 0 radical (unpaired) electrons. The first kappa shape index (κ1) is 16.8. The number of piperidine rings is 1. The average Bonchev–Trinajstić information content (AvgIpc) is 3.30. The van der Waals surface area contributed by atoms with Crippen LogP contribution in [0.2, 0.25) is 0 Å². The van der Waals surface area contributed by atoms with Crippen LogP contribution in [0.15, 0.2) is 30.9 Å². The van der Waals surface area contributed by atoms with E-state index < -0.39 is 0 Å². The molecule has 0 amide bonds. The second kappa shape index (κ2) is 6.90. The van der Waals surface area contributed by atoms with Crippen LogP contribution in [0.3, 0.4) is 0 Å². The van der Waals surface area contributed by atoms with E-state index in [-0.39, 0.29) is 11.7 Å². The molecule has 7 heteroatoms. The predicted molar refractivity (Wildman–Crippen MR) is 99.6 cm³/mol. The molecule has 0 saturated carbocycles. The first-order chi connectivity index (χ1) is 12.7. The van der Waals surface area contributed by atoms with Gasteiger partial charge in [0, 0.05) is 30.5 Å². The number of rotatable bonds is 5. The molecule has 1 fully saturated rings. The highest BCUT2D eigenvalue weighted by Gasteiger charge is 2.30. The van der Waals surface area contributed by atoms with Crippen molar-refractivity contribution in [1.82, 2.24) is 24.8 Å². The number of nitrogens with one attached hydrogen (secondary N) is 1. The van der Waals surface area contributed by atoms with Crippen molar-refractivity contribution in [3.63, 3.8) is 0 Å². The van der Waals surface area contributed by atoms with Crippen LogP contribution in [0.5, 0.6) is 0 Å². The number of H-pyrrole nitrogens is 1. The summed E-state index contributed by atoms with van der Waals surface area (Å²) in [5.74, 6) is 0.781. The van der Waals surface area contributed by atoms with Gasteiger partial charge in [0.1, 0.15) is 5.82 Å². The molecule has 3 aromatic heterocycles. The van der Waals surface area contributed by atoms with Crippen molar-refractivity contribution in [3.05, 3.63) is 42.0 Å². The third kappa shape index (κ3) is 2.77. The number of aromatic amines is 1. The predicted octanol–water partition coefficient (Wildman–Crippen LogP) is 3.21. The van der Waals surface area contributed by atoms with Gasteiger partial charge >= 0.3 is 0 Å². The highest BCUT2D eigenvalue weighted by molar-refractivity contribution is 6.05. The normalized spacial score (nSPS) is 19.0. The number of anilines is 1. The van der Waals surface area contributed by atoms with E-state index in [9.17, 15) is 4.79 Å². The van der Waals surface area contributed by atoms with Crippen molar-refractivity contribution in [2.45, 2.75) is 51.5 Å². The number of hydrogen-bond acceptors (Lipinski definition) is 5. The molecule has 0 bridgehead atoms. The van der Waals surface area contributed by atoms with E-state index in [0.717, 1.165) is 17.9 Å². The van der Waals surface area contributed by atoms with Crippen LogP contribution < -0.4 is 4.90 Å². The van der Waals surface area contributed by atoms with Gasteiger partial charge in [0.25, 0.3) is 0 Å². The highest BCUT2D eigenvalue weighted by atomic mass is 16.1. The summed E-state index contributed by atoms with van der Waals surface area (Å²) in [6.07, 6.45) is 11.2. The fraction of sp³-hybridized carbons (Fsp3) is 0.474. The third-order valence-corrected chi connectivity index (χ3v) is 5.38. The summed E-state index contributed by atoms with van der Waals surface area (Å²) in [5.41, 5.74) is 2.14. The maximum absolute atomic E-state index is 13.3. The van der Waals surface area contributed by atoms with Gasteiger partial charge in [-0.05, 0) is 38.7 Å². The first-order valence-electron chi connectivity index (χ1n) is 9.33. The minimum Gasteiger partial charge on any atom is -0.354 e. The van der Waals surface area contributed by atoms with E-state index in [1.54, 1.807) is 29.2 Å². The molecule has 136 valence electrons. The van der Waals surface area contributed by atoms with E-state index >= 15 is 0 Å². The van der Waals surface area contributed by atoms with E-state index in [4.69, 9.17) is 0 Å². The van der Waals surface area contributed by atoms with Crippen LogP contribution in [0.25, 0.3) is 5.65 Å². The van der Waals surface area contributed by atoms with E-state index in [2.05, 4.69) is 32.1 Å². The molecule has 1 aliphatic heterocycles. The van der Waals surface area contributed by atoms with Crippen LogP contribution in [0.4, 0.5) is 5.82 Å². The summed E-state index contributed by atoms with van der Waals surface area (Å²) in [4.78, 5) is 20.0. The molecule has 0 aromatic carbocycles. The number of carbonyl (C=O) groups is 1. The molecule has 0 aliphatic carbocycles. The Morgan fingerprint density at radius 1 is 1.38 bits per heavy atom. The van der Waals surface area contributed by atoms with Crippen molar-refractivity contribution >= 4 is 17.2 Å². The van der Waals surface area contributed by atoms with E-state index in [1.807, 2.05) is 13.1 Å². The quantitative estimate of drug-likeness (QED) is 0.713. The minimum atomic E-state index is -0.257. The first-order valence-corrected chi connectivity index (χ1v) is 9.33. The molecule has 26 heavy (non-hydrogen) atoms. The second-order valence-corrected chi connectivity index (χ2v) is 6.98. The largest absolute Gasteiger partial charge is 0.354 e. The Hall–Kier alpha value is -2.70. The van der Waals surface area contributed by atoms with Crippen LogP contribution in [0.1, 0.15) is 61.4 Å². The second-order valence-electron chi connectivity index (χ2n) is 6.98. The number of ketones is 1. The lowest BCUT2D eigenvalue weighted by Crippen LogP contribution is -2.38. The Balaban J connectivity index is 1.70. The van der Waals surface area contributed by atoms with Crippen molar-refractivity contribution in [2.24, 2.45) is 0 Å². The lowest BCUT2D eigenvalue weighted by atomic mass is 9.90. The molecular formula is C19H24N6O. The Labute approximate surface area is 152 Å². The van der Waals surface area contributed by atoms with E-state index in [1.165, 1.54) is 19.3 Å². The molecule has 1 saturated heterocycles. The summed E-state index contributed by atoms with van der Waals surface area (Å²) >= 11 is 0. The molecule has 4 rings (SSSR count). The van der Waals surface area contributed by atoms with Gasteiger partial charge in [-0.3, -0.25) is 9.89 Å². The number of hydrogen-bond donors (Lipinski definition) is 1. The van der Waals surface area contributed by atoms with E-state index in [0.29, 0.717) is 23.7 Å². The smallest absolute Gasteiger partial charge is 0.175 e. The molecule has 2 unspecified atom stereocenters. The molecular weight excluding hydrogens is 328 g/mol. The van der Waals surface area contributed by atoms with Crippen LogP contribution in [0, 0.1) is 0 Å². The fourth-order valence-corrected chi connectivity index (χ4v) is 3.94. The number of carbonyl (C=O) groups excluding carboxylic acids is 1. The summed E-state index contributed by atoms with van der Waals surface area (Å²) in [7, 11) is 0. The maximum Gasteiger partial charge on any atom is 0.175 e. The molecule has 7 nitrogen and oxygen atoms in total. The summed E-state index contributed by atoms with van der Waals surface area (Å²) in [6, 6.07) is 2.26. The summed E-state index contributed by atoms with van der Waals surface area (Å²) in [5, 5.41) is 11.7. The zero-order valence-electron chi connectivity index (χ0n) is 15.2. The Morgan fingerprint density at radius 3 is 3.08 bits per heavy atom. The van der Waals surface area contributed by atoms with Gasteiger partial charge in [0.15, 0.2) is 11.4 Å². The monoisotopic (exact) mass is 352 g/mol. The van der Waals surface area contributed by atoms with Crippen molar-refractivity contribution in [3.8, 4) is 0 Å². The lowest BCUT2D eigenvalue weighted by molar-refractivity contribution is 0.0958. The topological polar surface area (TPSA) is 79.2 Å². The summed E-state index contributed by atoms with van der Waals surface area (Å²) in [6.45, 7) is 5.28. The molecule has 3 aromatic rings. The van der Waals surface area contributed by atoms with Gasteiger partial charge in [0.05, 0.1) is 23.9 Å². The minimum absolute atomic E-state index is 0.0495. The summed E-state index contributed by atoms with van der Waals surface area (Å²) < 4.78 is 1.64. The molecule has 1 N–H and O–H groups in total. The molecule has 2 atom stereocenters. The number of nitrogens with zero attached hydrogens (tertiary/aromatic N) is 5. The lowest BCUT2D eigenvalue weighted by Gasteiger charge is -2.35. The van der Waals surface area contributed by atoms with Crippen molar-refractivity contribution in [2.75, 3.05) is 11.4 Å². The fourth-order valence-electron chi connectivity index (χ4n) is 3.94. The van der Waals surface area contributed by atoms with Crippen LogP contribution >= 0.6 is 0 Å². The molecule has 4 heterocycles. The standard InChI is InChI=1S/C19H24N6O/c1-3-14(17(26)16-12-22-25-10-6-8-20-18(16)25)15-11-21-23-19(15)24-9-5-4-7-13(24)2/h6,8,10-14H,3-5,7,9H2,1-2H3,(H,21,23). The van der Waals surface area contributed by atoms with Gasteiger partial charge in [0.2, 0.25) is 0 Å². The van der Waals surface area contributed by atoms with Crippen molar-refractivity contribution in [1.29, 1.82) is 0 Å². The zero-order valence-corrected chi connectivity index (χ0v) is 15.2. The number of fused-ring (bicyclic) bond motifs is 1. The average molecular weight is 352 g/mol. The van der Waals surface area contributed by atoms with Gasteiger partial charge in [-0.25, -0.2) is 9.50 Å². The zero-order chi connectivity index (χ0) is 18.1. The van der Waals surface area contributed by atoms with Gasteiger partial charge in [-0.2, -0.15) is 10.2 Å². The highest BCUT2D eigenvalue weighted by Crippen LogP contribution is 2.34. The van der Waals surface area contributed by atoms with Gasteiger partial charge < -0.3 is 4.90 Å². The van der Waals surface area contributed by atoms with Gasteiger partial charge in [-0.15, -0.1) is 0 Å². The molecule has 0 spiro atoms. The Morgan fingerprint density at radius 2 is 2.27 bits per heavy atom. The van der Waals surface area contributed by atoms with Crippen LogP contribution in [-0.2, 0) is 0 Å². The Kier molecular flexibility index (Phi) is 4.44. The number of Topliss-reactive ketones (excluding diaryl/α,β-unsaturated/α-hetero) is 1. The maximum atomic E-state index is 13.3. The van der Waals surface area contributed by atoms with Gasteiger partial charge in [-0.1, -0.05) is 6.92 Å². The number of aromatic nitrogens is 5. The Bertz CT molecular complexity index is 914.